The molecule has 2 amide bonds. The van der Waals surface area contributed by atoms with Gasteiger partial charge >= 0.3 is 0 Å². The quantitative estimate of drug-likeness (QED) is 0.729. The van der Waals surface area contributed by atoms with Crippen molar-refractivity contribution in [3.05, 3.63) is 53.2 Å². The molecule has 2 aromatic rings. The van der Waals surface area contributed by atoms with Crippen LogP contribution in [0.15, 0.2) is 36.5 Å². The maximum Gasteiger partial charge on any atom is 0.246 e. The van der Waals surface area contributed by atoms with Gasteiger partial charge in [-0.05, 0) is 42.4 Å². The number of anilines is 1. The summed E-state index contributed by atoms with van der Waals surface area (Å²) in [5.74, 6) is 1.82. The van der Waals surface area contributed by atoms with Gasteiger partial charge in [0.25, 0.3) is 0 Å². The minimum atomic E-state index is -0.120. The highest BCUT2D eigenvalue weighted by atomic mass is 35.5. The van der Waals surface area contributed by atoms with E-state index >= 15 is 0 Å². The van der Waals surface area contributed by atoms with Gasteiger partial charge in [0, 0.05) is 38.0 Å². The summed E-state index contributed by atoms with van der Waals surface area (Å²) >= 11 is 0. The predicted octanol–water partition coefficient (Wildman–Crippen LogP) is 2.33. The van der Waals surface area contributed by atoms with E-state index in [2.05, 4.69) is 10.3 Å². The summed E-state index contributed by atoms with van der Waals surface area (Å²) in [6.45, 7) is 2.47. The lowest BCUT2D eigenvalue weighted by Gasteiger charge is -2.20. The number of benzene rings is 1. The molecule has 0 saturated heterocycles. The smallest absolute Gasteiger partial charge is 0.246 e. The standard InChI is InChI=1S/C22H24N4O4.ClH/c1-25-13-17-9-15(11-23-22(17)24-20(27)14-25)4-6-21(28)26(2)12-16-3-5-18-19(10-16)30-8-7-29-18;/h3-6,9-11H,7-8,12-14H2,1-2H3,(H,23,24,27);1H/b6-4+;. The first kappa shape index (κ1) is 22.6. The number of nitrogens with one attached hydrogen (secondary N) is 1. The van der Waals surface area contributed by atoms with E-state index in [9.17, 15) is 9.59 Å². The Morgan fingerprint density at radius 1 is 1.23 bits per heavy atom. The van der Waals surface area contributed by atoms with Gasteiger partial charge in [0.15, 0.2) is 11.5 Å². The van der Waals surface area contributed by atoms with Crippen LogP contribution in [-0.4, -0.2) is 60.5 Å². The van der Waals surface area contributed by atoms with E-state index in [0.29, 0.717) is 44.4 Å². The third-order valence-corrected chi connectivity index (χ3v) is 4.92. The topological polar surface area (TPSA) is 84.0 Å². The summed E-state index contributed by atoms with van der Waals surface area (Å²) in [6, 6.07) is 7.65. The van der Waals surface area contributed by atoms with E-state index in [0.717, 1.165) is 22.4 Å². The van der Waals surface area contributed by atoms with Crippen LogP contribution in [0, 0.1) is 0 Å². The van der Waals surface area contributed by atoms with Gasteiger partial charge in [-0.1, -0.05) is 6.07 Å². The van der Waals surface area contributed by atoms with Crippen LogP contribution < -0.4 is 14.8 Å². The Morgan fingerprint density at radius 2 is 2.00 bits per heavy atom. The van der Waals surface area contributed by atoms with E-state index in [4.69, 9.17) is 9.47 Å². The summed E-state index contributed by atoms with van der Waals surface area (Å²) in [5, 5.41) is 2.80. The third kappa shape index (κ3) is 5.53. The second kappa shape index (κ2) is 9.80. The molecule has 0 unspecified atom stereocenters. The minimum absolute atomic E-state index is 0. The first-order chi connectivity index (χ1) is 14.5. The van der Waals surface area contributed by atoms with Crippen molar-refractivity contribution in [3.63, 3.8) is 0 Å². The summed E-state index contributed by atoms with van der Waals surface area (Å²) in [6.07, 6.45) is 4.91. The molecule has 9 heteroatoms. The lowest BCUT2D eigenvalue weighted by molar-refractivity contribution is -0.125. The van der Waals surface area contributed by atoms with Gasteiger partial charge < -0.3 is 19.7 Å². The van der Waals surface area contributed by atoms with Gasteiger partial charge in [-0.3, -0.25) is 14.5 Å². The number of halogens is 1. The molecule has 8 nitrogen and oxygen atoms in total. The molecule has 4 rings (SSSR count). The molecule has 31 heavy (non-hydrogen) atoms. The zero-order valence-electron chi connectivity index (χ0n) is 17.5. The number of hydrogen-bond acceptors (Lipinski definition) is 6. The summed E-state index contributed by atoms with van der Waals surface area (Å²) in [5.41, 5.74) is 2.69. The second-order valence-corrected chi connectivity index (χ2v) is 7.50. The number of pyridine rings is 1. The average molecular weight is 445 g/mol. The van der Waals surface area contributed by atoms with Crippen LogP contribution in [0.25, 0.3) is 6.08 Å². The molecule has 0 spiro atoms. The normalized spacial score (nSPS) is 15.5. The third-order valence-electron chi connectivity index (χ3n) is 4.92. The molecule has 164 valence electrons. The molecule has 2 aliphatic heterocycles. The number of carbonyl (C=O) groups excluding carboxylic acids is 2. The molecule has 0 radical (unpaired) electrons. The van der Waals surface area contributed by atoms with Gasteiger partial charge in [0.1, 0.15) is 19.0 Å². The fourth-order valence-electron chi connectivity index (χ4n) is 3.45. The predicted molar refractivity (Wildman–Crippen MR) is 119 cm³/mol. The molecule has 1 aromatic heterocycles. The molecule has 1 N–H and O–H groups in total. The number of carbonyl (C=O) groups is 2. The maximum atomic E-state index is 12.5. The van der Waals surface area contributed by atoms with Crippen LogP contribution in [0.2, 0.25) is 0 Å². The largest absolute Gasteiger partial charge is 0.486 e. The first-order valence-corrected chi connectivity index (χ1v) is 9.77. The Morgan fingerprint density at radius 3 is 2.81 bits per heavy atom. The van der Waals surface area contributed by atoms with E-state index in [1.165, 1.54) is 6.08 Å². The number of aromatic nitrogens is 1. The number of hydrogen-bond donors (Lipinski definition) is 1. The fourth-order valence-corrected chi connectivity index (χ4v) is 3.45. The number of nitrogens with zero attached hydrogens (tertiary/aromatic N) is 3. The molecule has 0 fully saturated rings. The van der Waals surface area contributed by atoms with Crippen molar-refractivity contribution in [3.8, 4) is 11.5 Å². The van der Waals surface area contributed by atoms with Crippen molar-refractivity contribution in [2.45, 2.75) is 13.1 Å². The molecular formula is C22H25ClN4O4. The van der Waals surface area contributed by atoms with Crippen LogP contribution in [0.1, 0.15) is 16.7 Å². The van der Waals surface area contributed by atoms with Crippen molar-refractivity contribution in [1.29, 1.82) is 0 Å². The Balaban J connectivity index is 0.00000272. The Kier molecular flexibility index (Phi) is 7.14. The molecule has 0 aliphatic carbocycles. The Labute approximate surface area is 187 Å². The Bertz CT molecular complexity index is 1010. The second-order valence-electron chi connectivity index (χ2n) is 7.50. The molecule has 3 heterocycles. The number of amides is 2. The van der Waals surface area contributed by atoms with Crippen LogP contribution in [0.4, 0.5) is 5.82 Å². The maximum absolute atomic E-state index is 12.5. The Hall–Kier alpha value is -3.10. The SMILES string of the molecule is CN1CC(=O)Nc2ncc(/C=C/C(=O)N(C)Cc3ccc4c(c3)OCCO4)cc2C1.Cl. The van der Waals surface area contributed by atoms with Gasteiger partial charge in [0.05, 0.1) is 6.54 Å². The highest BCUT2D eigenvalue weighted by Crippen LogP contribution is 2.31. The van der Waals surface area contributed by atoms with E-state index in [-0.39, 0.29) is 24.2 Å². The van der Waals surface area contributed by atoms with Crippen molar-refractivity contribution in [1.82, 2.24) is 14.8 Å². The highest BCUT2D eigenvalue weighted by molar-refractivity contribution is 5.93. The van der Waals surface area contributed by atoms with E-state index < -0.39 is 0 Å². The van der Waals surface area contributed by atoms with Crippen molar-refractivity contribution < 1.29 is 19.1 Å². The van der Waals surface area contributed by atoms with E-state index in [1.54, 1.807) is 24.2 Å². The van der Waals surface area contributed by atoms with Crippen molar-refractivity contribution >= 4 is 36.1 Å². The van der Waals surface area contributed by atoms with Crippen molar-refractivity contribution in [2.75, 3.05) is 39.2 Å². The van der Waals surface area contributed by atoms with Crippen molar-refractivity contribution in [2.24, 2.45) is 0 Å². The number of fused-ring (bicyclic) bond motifs is 2. The first-order valence-electron chi connectivity index (χ1n) is 9.77. The molecular weight excluding hydrogens is 420 g/mol. The molecule has 0 saturated carbocycles. The molecule has 0 bridgehead atoms. The van der Waals surface area contributed by atoms with Gasteiger partial charge in [-0.25, -0.2) is 4.98 Å². The van der Waals surface area contributed by atoms with Gasteiger partial charge in [0.2, 0.25) is 11.8 Å². The van der Waals surface area contributed by atoms with Gasteiger partial charge in [-0.2, -0.15) is 0 Å². The van der Waals surface area contributed by atoms with E-state index in [1.807, 2.05) is 36.2 Å². The van der Waals surface area contributed by atoms with Gasteiger partial charge in [-0.15, -0.1) is 12.4 Å². The minimum Gasteiger partial charge on any atom is -0.486 e. The molecule has 0 atom stereocenters. The zero-order valence-corrected chi connectivity index (χ0v) is 18.3. The number of rotatable bonds is 4. The molecule has 1 aromatic carbocycles. The lowest BCUT2D eigenvalue weighted by atomic mass is 10.1. The lowest BCUT2D eigenvalue weighted by Crippen LogP contribution is -2.26. The molecule has 2 aliphatic rings. The van der Waals surface area contributed by atoms with Crippen LogP contribution in [0.5, 0.6) is 11.5 Å². The summed E-state index contributed by atoms with van der Waals surface area (Å²) in [7, 11) is 3.64. The summed E-state index contributed by atoms with van der Waals surface area (Å²) in [4.78, 5) is 32.2. The monoisotopic (exact) mass is 444 g/mol. The fraction of sp³-hybridized carbons (Fsp3) is 0.318. The van der Waals surface area contributed by atoms with Crippen LogP contribution in [0.3, 0.4) is 0 Å². The average Bonchev–Trinajstić information content (AvgIpc) is 2.87. The zero-order chi connectivity index (χ0) is 21.1. The number of ether oxygens (including phenoxy) is 2. The van der Waals surface area contributed by atoms with Crippen LogP contribution in [-0.2, 0) is 22.7 Å². The number of likely N-dealkylation sites (N-methyl/N-ethyl adjacent to an activating group) is 2. The van der Waals surface area contributed by atoms with Crippen LogP contribution >= 0.6 is 12.4 Å². The highest BCUT2D eigenvalue weighted by Gasteiger charge is 2.18. The summed E-state index contributed by atoms with van der Waals surface area (Å²) < 4.78 is 11.1.